The number of hydrogen-bond acceptors (Lipinski definition) is 4. The summed E-state index contributed by atoms with van der Waals surface area (Å²) in [6, 6.07) is 9.95. The minimum atomic E-state index is -0.443. The first kappa shape index (κ1) is 12.6. The average Bonchev–Trinajstić information content (AvgIpc) is 2.86. The van der Waals surface area contributed by atoms with Crippen LogP contribution in [0.1, 0.15) is 11.5 Å². The molecular formula is C12H13N3O2S. The SMILES string of the molecule is O=[N+]([O-])c1cnn(CC(CS)c2ccccc2)c1. The molecule has 1 atom stereocenters. The fourth-order valence-corrected chi connectivity index (χ4v) is 2.09. The molecule has 5 nitrogen and oxygen atoms in total. The summed E-state index contributed by atoms with van der Waals surface area (Å²) < 4.78 is 1.59. The van der Waals surface area contributed by atoms with Crippen molar-refractivity contribution in [2.75, 3.05) is 5.75 Å². The Morgan fingerprint density at radius 3 is 2.67 bits per heavy atom. The molecule has 0 saturated carbocycles. The molecule has 94 valence electrons. The van der Waals surface area contributed by atoms with Gasteiger partial charge in [-0.3, -0.25) is 14.8 Å². The van der Waals surface area contributed by atoms with E-state index in [-0.39, 0.29) is 11.6 Å². The smallest absolute Gasteiger partial charge is 0.265 e. The van der Waals surface area contributed by atoms with Crippen molar-refractivity contribution < 1.29 is 4.92 Å². The lowest BCUT2D eigenvalue weighted by Gasteiger charge is -2.14. The van der Waals surface area contributed by atoms with Gasteiger partial charge < -0.3 is 0 Å². The molecule has 18 heavy (non-hydrogen) atoms. The molecule has 6 heteroatoms. The van der Waals surface area contributed by atoms with Crippen LogP contribution < -0.4 is 0 Å². The van der Waals surface area contributed by atoms with Crippen LogP contribution in [0.25, 0.3) is 0 Å². The minimum absolute atomic E-state index is 0.0148. The highest BCUT2D eigenvalue weighted by Crippen LogP contribution is 2.20. The molecule has 2 rings (SSSR count). The summed E-state index contributed by atoms with van der Waals surface area (Å²) >= 11 is 4.33. The number of benzene rings is 1. The van der Waals surface area contributed by atoms with Crippen molar-refractivity contribution in [2.24, 2.45) is 0 Å². The second kappa shape index (κ2) is 5.68. The Bertz CT molecular complexity index is 527. The quantitative estimate of drug-likeness (QED) is 0.512. The van der Waals surface area contributed by atoms with Crippen LogP contribution in [0, 0.1) is 10.1 Å². The van der Waals surface area contributed by atoms with Gasteiger partial charge in [0, 0.05) is 12.5 Å². The van der Waals surface area contributed by atoms with Crippen molar-refractivity contribution in [2.45, 2.75) is 12.5 Å². The maximum atomic E-state index is 10.6. The zero-order valence-electron chi connectivity index (χ0n) is 9.64. The molecule has 1 aromatic carbocycles. The van der Waals surface area contributed by atoms with Crippen LogP contribution in [0.15, 0.2) is 42.7 Å². The van der Waals surface area contributed by atoms with Crippen LogP contribution in [-0.4, -0.2) is 20.5 Å². The molecule has 1 heterocycles. The van der Waals surface area contributed by atoms with Crippen molar-refractivity contribution in [3.8, 4) is 0 Å². The van der Waals surface area contributed by atoms with Gasteiger partial charge in [0.2, 0.25) is 0 Å². The topological polar surface area (TPSA) is 61.0 Å². The average molecular weight is 263 g/mol. The molecule has 1 unspecified atom stereocenters. The van der Waals surface area contributed by atoms with Gasteiger partial charge in [-0.15, -0.1) is 0 Å². The van der Waals surface area contributed by atoms with E-state index in [1.54, 1.807) is 4.68 Å². The predicted octanol–water partition coefficient (Wildman–Crippen LogP) is 2.50. The Kier molecular flexibility index (Phi) is 3.99. The Morgan fingerprint density at radius 2 is 2.11 bits per heavy atom. The van der Waals surface area contributed by atoms with E-state index in [9.17, 15) is 10.1 Å². The molecule has 0 saturated heterocycles. The van der Waals surface area contributed by atoms with Gasteiger partial charge in [-0.2, -0.15) is 17.7 Å². The minimum Gasteiger partial charge on any atom is -0.265 e. The van der Waals surface area contributed by atoms with Crippen LogP contribution in [0.2, 0.25) is 0 Å². The first-order valence-electron chi connectivity index (χ1n) is 5.53. The van der Waals surface area contributed by atoms with Crippen LogP contribution in [-0.2, 0) is 6.54 Å². The molecule has 1 aromatic heterocycles. The third-order valence-corrected chi connectivity index (χ3v) is 3.17. The molecule has 0 N–H and O–H groups in total. The molecule has 2 aromatic rings. The largest absolute Gasteiger partial charge is 0.306 e. The molecule has 0 amide bonds. The second-order valence-electron chi connectivity index (χ2n) is 3.97. The van der Waals surface area contributed by atoms with Gasteiger partial charge in [0.25, 0.3) is 0 Å². The Morgan fingerprint density at radius 1 is 1.39 bits per heavy atom. The van der Waals surface area contributed by atoms with E-state index >= 15 is 0 Å². The number of aromatic nitrogens is 2. The van der Waals surface area contributed by atoms with Gasteiger partial charge in [0.05, 0.1) is 4.92 Å². The number of hydrogen-bond donors (Lipinski definition) is 1. The number of thiol groups is 1. The summed E-state index contributed by atoms with van der Waals surface area (Å²) in [7, 11) is 0. The maximum Gasteiger partial charge on any atom is 0.306 e. The van der Waals surface area contributed by atoms with E-state index in [4.69, 9.17) is 0 Å². The van der Waals surface area contributed by atoms with E-state index in [0.29, 0.717) is 12.3 Å². The van der Waals surface area contributed by atoms with Gasteiger partial charge in [-0.25, -0.2) is 0 Å². The highest BCUT2D eigenvalue weighted by molar-refractivity contribution is 7.80. The zero-order chi connectivity index (χ0) is 13.0. The molecule has 0 aliphatic rings. The van der Waals surface area contributed by atoms with E-state index in [1.807, 2.05) is 30.3 Å². The summed E-state index contributed by atoms with van der Waals surface area (Å²) in [5.74, 6) is 0.853. The summed E-state index contributed by atoms with van der Waals surface area (Å²) in [5, 5.41) is 14.6. The normalized spacial score (nSPS) is 12.3. The van der Waals surface area contributed by atoms with E-state index in [2.05, 4.69) is 17.7 Å². The lowest BCUT2D eigenvalue weighted by molar-refractivity contribution is -0.385. The monoisotopic (exact) mass is 263 g/mol. The fourth-order valence-electron chi connectivity index (χ4n) is 1.77. The van der Waals surface area contributed by atoms with Gasteiger partial charge in [0.1, 0.15) is 12.4 Å². The van der Waals surface area contributed by atoms with Crippen molar-refractivity contribution in [3.05, 3.63) is 58.4 Å². The molecular weight excluding hydrogens is 250 g/mol. The second-order valence-corrected chi connectivity index (χ2v) is 4.33. The summed E-state index contributed by atoms with van der Waals surface area (Å²) in [6.07, 6.45) is 2.71. The number of rotatable bonds is 5. The van der Waals surface area contributed by atoms with Crippen molar-refractivity contribution in [1.82, 2.24) is 9.78 Å². The molecule has 0 radical (unpaired) electrons. The highest BCUT2D eigenvalue weighted by atomic mass is 32.1. The first-order valence-corrected chi connectivity index (χ1v) is 6.16. The molecule has 0 aliphatic carbocycles. The van der Waals surface area contributed by atoms with Crippen molar-refractivity contribution in [1.29, 1.82) is 0 Å². The molecule has 0 spiro atoms. The summed E-state index contributed by atoms with van der Waals surface area (Å²) in [5.41, 5.74) is 1.17. The fraction of sp³-hybridized carbons (Fsp3) is 0.250. The predicted molar refractivity (Wildman–Crippen MR) is 71.9 cm³/mol. The molecule has 0 bridgehead atoms. The van der Waals surface area contributed by atoms with E-state index < -0.39 is 4.92 Å². The molecule has 0 fully saturated rings. The maximum absolute atomic E-state index is 10.6. The third kappa shape index (κ3) is 2.89. The number of nitro groups is 1. The Hall–Kier alpha value is -1.82. The van der Waals surface area contributed by atoms with E-state index in [1.165, 1.54) is 12.4 Å². The van der Waals surface area contributed by atoms with Gasteiger partial charge in [-0.05, 0) is 11.3 Å². The van der Waals surface area contributed by atoms with Crippen molar-refractivity contribution >= 4 is 18.3 Å². The van der Waals surface area contributed by atoms with E-state index in [0.717, 1.165) is 5.56 Å². The van der Waals surface area contributed by atoms with Crippen LogP contribution >= 0.6 is 12.6 Å². The van der Waals surface area contributed by atoms with Gasteiger partial charge in [-0.1, -0.05) is 30.3 Å². The van der Waals surface area contributed by atoms with Crippen molar-refractivity contribution in [3.63, 3.8) is 0 Å². The third-order valence-electron chi connectivity index (χ3n) is 2.73. The van der Waals surface area contributed by atoms with Gasteiger partial charge in [0.15, 0.2) is 0 Å². The zero-order valence-corrected chi connectivity index (χ0v) is 10.5. The lowest BCUT2D eigenvalue weighted by atomic mass is 10.0. The summed E-state index contributed by atoms with van der Waals surface area (Å²) in [4.78, 5) is 10.1. The molecule has 0 aliphatic heterocycles. The van der Waals surface area contributed by atoms with Crippen LogP contribution in [0.3, 0.4) is 0 Å². The highest BCUT2D eigenvalue weighted by Gasteiger charge is 2.14. The summed E-state index contributed by atoms with van der Waals surface area (Å²) in [6.45, 7) is 0.585. The Labute approximate surface area is 110 Å². The lowest BCUT2D eigenvalue weighted by Crippen LogP contribution is -2.11. The first-order chi connectivity index (χ1) is 8.70. The van der Waals surface area contributed by atoms with Gasteiger partial charge >= 0.3 is 5.69 Å². The number of nitrogens with zero attached hydrogens (tertiary/aromatic N) is 3. The van der Waals surface area contributed by atoms with Crippen LogP contribution in [0.5, 0.6) is 0 Å². The van der Waals surface area contributed by atoms with Crippen LogP contribution in [0.4, 0.5) is 5.69 Å². The Balaban J connectivity index is 2.13. The standard InChI is InChI=1S/C12H13N3O2S/c16-15(17)12-6-13-14(8-12)7-11(9-18)10-4-2-1-3-5-10/h1-6,8,11,18H,7,9H2.